The number of benzene rings is 2. The Morgan fingerprint density at radius 1 is 0.511 bits per heavy atom. The Balaban J connectivity index is 0.000000262. The standard InChI is InChI=1S/C25H16F4N2.C13H14N2.Pt/c1-25(2,23-7-3-5-21(30-23)17-11-9-15(26)13-19(17)28)24-8-4-6-22(31-24)18-12-10-16(27)14-20(18)29;1-13(2,11-7-3-5-9-14-11)12-8-4-6-10-15-12;/h3-10,13-14H,1-2H3;3-10H,1-2H3;/q-2;;+2. The first-order chi connectivity index (χ1) is 22.0. The predicted octanol–water partition coefficient (Wildman–Crippen LogP) is 9.09. The normalized spacial score (nSPS) is 11.2. The van der Waals surface area contributed by atoms with E-state index >= 15 is 0 Å². The molecule has 0 fully saturated rings. The third kappa shape index (κ3) is 8.06. The summed E-state index contributed by atoms with van der Waals surface area (Å²) in [6.07, 6.45) is 3.64. The SMILES string of the molecule is CC(C)(c1cccc(-c2[c-]cc(F)cc2F)n1)c1cccc(-c2[c-]cc(F)cc2F)n1.CC(C)(c1ccccn1)c1ccccn1.[Pt+2]. The van der Waals surface area contributed by atoms with Crippen LogP contribution in [-0.2, 0) is 31.9 Å². The van der Waals surface area contributed by atoms with Crippen molar-refractivity contribution in [3.05, 3.63) is 168 Å². The van der Waals surface area contributed by atoms with Crippen LogP contribution in [0.15, 0.2) is 109 Å². The van der Waals surface area contributed by atoms with Gasteiger partial charge in [-0.25, -0.2) is 0 Å². The molecule has 0 radical (unpaired) electrons. The molecule has 2 aromatic carbocycles. The van der Waals surface area contributed by atoms with Crippen LogP contribution in [-0.4, -0.2) is 19.9 Å². The molecule has 240 valence electrons. The van der Waals surface area contributed by atoms with E-state index in [-0.39, 0.29) is 37.6 Å². The van der Waals surface area contributed by atoms with Gasteiger partial charge in [0.2, 0.25) is 0 Å². The molecule has 0 saturated carbocycles. The van der Waals surface area contributed by atoms with E-state index in [4.69, 9.17) is 0 Å². The van der Waals surface area contributed by atoms with Crippen LogP contribution in [0.4, 0.5) is 17.6 Å². The summed E-state index contributed by atoms with van der Waals surface area (Å²) in [6.45, 7) is 8.02. The Labute approximate surface area is 286 Å². The molecule has 0 unspecified atom stereocenters. The van der Waals surface area contributed by atoms with Crippen molar-refractivity contribution < 1.29 is 38.6 Å². The van der Waals surface area contributed by atoms with Gasteiger partial charge in [-0.1, -0.05) is 59.7 Å². The van der Waals surface area contributed by atoms with E-state index in [1.807, 2.05) is 62.6 Å². The molecule has 9 heteroatoms. The Bertz CT molecular complexity index is 1810. The van der Waals surface area contributed by atoms with Crippen molar-refractivity contribution in [1.82, 2.24) is 19.9 Å². The molecule has 4 nitrogen and oxygen atoms in total. The van der Waals surface area contributed by atoms with E-state index in [1.54, 1.807) is 36.4 Å². The molecule has 0 saturated heterocycles. The fourth-order valence-electron chi connectivity index (χ4n) is 4.85. The van der Waals surface area contributed by atoms with Crippen LogP contribution in [0.1, 0.15) is 50.5 Å². The molecule has 4 heterocycles. The number of hydrogen-bond donors (Lipinski definition) is 0. The van der Waals surface area contributed by atoms with Gasteiger partial charge in [0.05, 0.1) is 11.4 Å². The van der Waals surface area contributed by atoms with Crippen LogP contribution in [0.25, 0.3) is 22.5 Å². The number of pyridine rings is 4. The molecule has 0 spiro atoms. The minimum atomic E-state index is -0.759. The maximum Gasteiger partial charge on any atom is 2.00 e. The van der Waals surface area contributed by atoms with Crippen molar-refractivity contribution in [3.63, 3.8) is 0 Å². The molecule has 0 atom stereocenters. The second-order valence-electron chi connectivity index (χ2n) is 11.6. The summed E-state index contributed by atoms with van der Waals surface area (Å²) < 4.78 is 54.9. The summed E-state index contributed by atoms with van der Waals surface area (Å²) in [5, 5.41) is 0. The van der Waals surface area contributed by atoms with E-state index < -0.39 is 28.7 Å². The molecule has 0 bridgehead atoms. The van der Waals surface area contributed by atoms with Crippen molar-refractivity contribution in [1.29, 1.82) is 0 Å². The molecule has 0 aliphatic rings. The van der Waals surface area contributed by atoms with Crippen molar-refractivity contribution in [2.45, 2.75) is 38.5 Å². The van der Waals surface area contributed by atoms with E-state index in [0.29, 0.717) is 22.8 Å². The Hall–Kier alpha value is -4.55. The maximum absolute atomic E-state index is 14.2. The van der Waals surface area contributed by atoms with Crippen LogP contribution in [0.2, 0.25) is 0 Å². The number of rotatable bonds is 6. The van der Waals surface area contributed by atoms with E-state index in [2.05, 4.69) is 45.9 Å². The van der Waals surface area contributed by atoms with Crippen molar-refractivity contribution in [2.75, 3.05) is 0 Å². The monoisotopic (exact) mass is 813 g/mol. The van der Waals surface area contributed by atoms with E-state index in [9.17, 15) is 17.6 Å². The van der Waals surface area contributed by atoms with Gasteiger partial charge in [-0.15, -0.1) is 24.3 Å². The fourth-order valence-corrected chi connectivity index (χ4v) is 4.85. The summed E-state index contributed by atoms with van der Waals surface area (Å²) in [7, 11) is 0. The Kier molecular flexibility index (Phi) is 11.2. The summed E-state index contributed by atoms with van der Waals surface area (Å²) in [5.74, 6) is -2.96. The second-order valence-corrected chi connectivity index (χ2v) is 11.6. The molecule has 0 aliphatic heterocycles. The van der Waals surface area contributed by atoms with Gasteiger partial charge in [0.15, 0.2) is 0 Å². The molecule has 0 amide bonds. The predicted molar refractivity (Wildman–Crippen MR) is 170 cm³/mol. The van der Waals surface area contributed by atoms with Gasteiger partial charge in [-0.3, -0.25) is 27.5 Å². The van der Waals surface area contributed by atoms with Crippen LogP contribution in [0, 0.1) is 35.4 Å². The third-order valence-corrected chi connectivity index (χ3v) is 7.62. The molecular weight excluding hydrogens is 784 g/mol. The number of hydrogen-bond acceptors (Lipinski definition) is 4. The van der Waals surface area contributed by atoms with E-state index in [0.717, 1.165) is 35.7 Å². The zero-order valence-corrected chi connectivity index (χ0v) is 28.3. The second kappa shape index (κ2) is 14.9. The molecule has 4 aromatic heterocycles. The minimum Gasteiger partial charge on any atom is -0.300 e. The first-order valence-electron chi connectivity index (χ1n) is 14.5. The maximum atomic E-state index is 14.2. The smallest absolute Gasteiger partial charge is 0.300 e. The summed E-state index contributed by atoms with van der Waals surface area (Å²) in [5.41, 5.74) is 3.10. The molecule has 47 heavy (non-hydrogen) atoms. The van der Waals surface area contributed by atoms with Gasteiger partial charge in [0.1, 0.15) is 0 Å². The van der Waals surface area contributed by atoms with Gasteiger partial charge in [0, 0.05) is 57.9 Å². The first kappa shape index (κ1) is 35.3. The Morgan fingerprint density at radius 2 is 0.894 bits per heavy atom. The molecule has 6 aromatic rings. The number of halogens is 4. The summed E-state index contributed by atoms with van der Waals surface area (Å²) in [6, 6.07) is 31.0. The van der Waals surface area contributed by atoms with Crippen LogP contribution < -0.4 is 0 Å². The minimum absolute atomic E-state index is 0. The molecular formula is C38H30F4N4Pt. The Morgan fingerprint density at radius 3 is 1.26 bits per heavy atom. The van der Waals surface area contributed by atoms with Crippen LogP contribution in [0.5, 0.6) is 0 Å². The van der Waals surface area contributed by atoms with Crippen LogP contribution in [0.3, 0.4) is 0 Å². The van der Waals surface area contributed by atoms with Gasteiger partial charge in [-0.05, 0) is 75.5 Å². The zero-order chi connectivity index (χ0) is 32.9. The van der Waals surface area contributed by atoms with Gasteiger partial charge in [-0.2, -0.15) is 0 Å². The molecule has 0 N–H and O–H groups in total. The molecule has 0 aliphatic carbocycles. The van der Waals surface area contributed by atoms with Crippen molar-refractivity contribution >= 4 is 0 Å². The number of aromatic nitrogens is 4. The third-order valence-electron chi connectivity index (χ3n) is 7.62. The van der Waals surface area contributed by atoms with Crippen molar-refractivity contribution in [2.24, 2.45) is 0 Å². The fraction of sp³-hybridized carbons (Fsp3) is 0.158. The summed E-state index contributed by atoms with van der Waals surface area (Å²) in [4.78, 5) is 17.9. The van der Waals surface area contributed by atoms with E-state index in [1.165, 1.54) is 0 Å². The zero-order valence-electron chi connectivity index (χ0n) is 26.0. The van der Waals surface area contributed by atoms with Gasteiger partial charge in [0.25, 0.3) is 0 Å². The summed E-state index contributed by atoms with van der Waals surface area (Å²) >= 11 is 0. The quantitative estimate of drug-likeness (QED) is 0.125. The molecule has 6 rings (SSSR count). The van der Waals surface area contributed by atoms with Gasteiger partial charge < -0.3 is 9.97 Å². The first-order valence-corrected chi connectivity index (χ1v) is 14.5. The topological polar surface area (TPSA) is 51.6 Å². The largest absolute Gasteiger partial charge is 2.00 e. The average Bonchev–Trinajstić information content (AvgIpc) is 3.06. The van der Waals surface area contributed by atoms with Crippen molar-refractivity contribution in [3.8, 4) is 22.5 Å². The van der Waals surface area contributed by atoms with Crippen LogP contribution >= 0.6 is 0 Å². The van der Waals surface area contributed by atoms with Gasteiger partial charge >= 0.3 is 21.1 Å². The average molecular weight is 814 g/mol. The number of nitrogens with zero attached hydrogens (tertiary/aromatic N) is 4.